The Morgan fingerprint density at radius 2 is 1.90 bits per heavy atom. The van der Waals surface area contributed by atoms with Crippen LogP contribution in [-0.2, 0) is 4.74 Å². The standard InChI is InChI=1S/C17H32N2O/c1-2-15-13-18-17(9-5-6-10-17)14-19(15)11-12-20-16-7-3-4-8-16/h15-16,18H,2-14H2,1H3. The minimum absolute atomic E-state index is 0.443. The van der Waals surface area contributed by atoms with Crippen molar-refractivity contribution in [1.29, 1.82) is 0 Å². The van der Waals surface area contributed by atoms with Crippen LogP contribution < -0.4 is 5.32 Å². The number of rotatable bonds is 5. The van der Waals surface area contributed by atoms with Crippen LogP contribution in [0.4, 0.5) is 0 Å². The van der Waals surface area contributed by atoms with Gasteiger partial charge in [0.2, 0.25) is 0 Å². The molecule has 3 aliphatic rings. The van der Waals surface area contributed by atoms with Gasteiger partial charge < -0.3 is 10.1 Å². The molecule has 1 spiro atoms. The molecule has 116 valence electrons. The van der Waals surface area contributed by atoms with E-state index in [0.29, 0.717) is 17.7 Å². The lowest BCUT2D eigenvalue weighted by molar-refractivity contribution is 0.0114. The van der Waals surface area contributed by atoms with Gasteiger partial charge in [-0.3, -0.25) is 4.90 Å². The molecule has 1 atom stereocenters. The van der Waals surface area contributed by atoms with Crippen LogP contribution >= 0.6 is 0 Å². The lowest BCUT2D eigenvalue weighted by Gasteiger charge is -2.46. The van der Waals surface area contributed by atoms with Crippen molar-refractivity contribution in [3.63, 3.8) is 0 Å². The Labute approximate surface area is 124 Å². The average molecular weight is 280 g/mol. The van der Waals surface area contributed by atoms with Gasteiger partial charge in [0, 0.05) is 31.2 Å². The zero-order valence-corrected chi connectivity index (χ0v) is 13.2. The highest BCUT2D eigenvalue weighted by molar-refractivity contribution is 5.00. The van der Waals surface area contributed by atoms with Crippen molar-refractivity contribution in [2.24, 2.45) is 0 Å². The second kappa shape index (κ2) is 6.76. The summed E-state index contributed by atoms with van der Waals surface area (Å²) in [5.74, 6) is 0. The first-order chi connectivity index (χ1) is 9.81. The zero-order chi connectivity index (χ0) is 13.8. The first-order valence-electron chi connectivity index (χ1n) is 8.92. The molecule has 2 aliphatic carbocycles. The molecule has 1 N–H and O–H groups in total. The van der Waals surface area contributed by atoms with E-state index in [0.717, 1.165) is 13.2 Å². The van der Waals surface area contributed by atoms with Crippen molar-refractivity contribution in [3.05, 3.63) is 0 Å². The highest BCUT2D eigenvalue weighted by Crippen LogP contribution is 2.33. The molecular formula is C17H32N2O. The van der Waals surface area contributed by atoms with Crippen molar-refractivity contribution in [1.82, 2.24) is 10.2 Å². The molecule has 0 aromatic carbocycles. The smallest absolute Gasteiger partial charge is 0.0597 e. The summed E-state index contributed by atoms with van der Waals surface area (Å²) in [6, 6.07) is 0.716. The molecule has 1 unspecified atom stereocenters. The van der Waals surface area contributed by atoms with Gasteiger partial charge in [-0.1, -0.05) is 32.6 Å². The van der Waals surface area contributed by atoms with Crippen molar-refractivity contribution >= 4 is 0 Å². The quantitative estimate of drug-likeness (QED) is 0.838. The Hall–Kier alpha value is -0.120. The summed E-state index contributed by atoms with van der Waals surface area (Å²) >= 11 is 0. The van der Waals surface area contributed by atoms with Crippen molar-refractivity contribution in [2.75, 3.05) is 26.2 Å². The lowest BCUT2D eigenvalue weighted by atomic mass is 9.91. The molecule has 0 bridgehead atoms. The maximum atomic E-state index is 6.09. The van der Waals surface area contributed by atoms with Crippen LogP contribution in [0.1, 0.15) is 64.7 Å². The number of hydrogen-bond donors (Lipinski definition) is 1. The Bertz CT molecular complexity index is 295. The first-order valence-corrected chi connectivity index (χ1v) is 8.92. The summed E-state index contributed by atoms with van der Waals surface area (Å²) in [7, 11) is 0. The van der Waals surface area contributed by atoms with Gasteiger partial charge in [0.05, 0.1) is 12.7 Å². The van der Waals surface area contributed by atoms with E-state index in [2.05, 4.69) is 17.1 Å². The van der Waals surface area contributed by atoms with Gasteiger partial charge in [-0.25, -0.2) is 0 Å². The van der Waals surface area contributed by atoms with Crippen LogP contribution in [0.2, 0.25) is 0 Å². The molecule has 3 rings (SSSR count). The van der Waals surface area contributed by atoms with E-state index in [1.165, 1.54) is 70.9 Å². The van der Waals surface area contributed by atoms with E-state index in [1.54, 1.807) is 0 Å². The maximum Gasteiger partial charge on any atom is 0.0597 e. The van der Waals surface area contributed by atoms with Crippen LogP contribution in [0.25, 0.3) is 0 Å². The first kappa shape index (κ1) is 14.8. The van der Waals surface area contributed by atoms with Gasteiger partial charge >= 0.3 is 0 Å². The third kappa shape index (κ3) is 3.37. The number of nitrogens with one attached hydrogen (secondary N) is 1. The highest BCUT2D eigenvalue weighted by atomic mass is 16.5. The Morgan fingerprint density at radius 1 is 1.15 bits per heavy atom. The SMILES string of the molecule is CCC1CNC2(CCCC2)CN1CCOC1CCCC1. The molecule has 0 radical (unpaired) electrons. The molecule has 1 saturated heterocycles. The van der Waals surface area contributed by atoms with Crippen LogP contribution in [0, 0.1) is 0 Å². The number of hydrogen-bond acceptors (Lipinski definition) is 3. The second-order valence-electron chi connectivity index (χ2n) is 7.18. The van der Waals surface area contributed by atoms with Gasteiger partial charge in [0.15, 0.2) is 0 Å². The summed E-state index contributed by atoms with van der Waals surface area (Å²) in [6.45, 7) is 6.83. The Kier molecular flexibility index (Phi) is 5.00. The topological polar surface area (TPSA) is 24.5 Å². The molecular weight excluding hydrogens is 248 g/mol. The minimum Gasteiger partial charge on any atom is -0.377 e. The molecule has 3 heteroatoms. The fourth-order valence-electron chi connectivity index (χ4n) is 4.48. The summed E-state index contributed by atoms with van der Waals surface area (Å²) < 4.78 is 6.09. The predicted molar refractivity (Wildman–Crippen MR) is 83.1 cm³/mol. The summed E-state index contributed by atoms with van der Waals surface area (Å²) in [5.41, 5.74) is 0.443. The van der Waals surface area contributed by atoms with Crippen molar-refractivity contribution in [2.45, 2.75) is 82.4 Å². The summed E-state index contributed by atoms with van der Waals surface area (Å²) in [6.07, 6.45) is 12.7. The highest BCUT2D eigenvalue weighted by Gasteiger charge is 2.40. The van der Waals surface area contributed by atoms with Gasteiger partial charge in [-0.15, -0.1) is 0 Å². The molecule has 1 heterocycles. The molecule has 3 nitrogen and oxygen atoms in total. The van der Waals surface area contributed by atoms with Crippen LogP contribution in [0.15, 0.2) is 0 Å². The van der Waals surface area contributed by atoms with E-state index >= 15 is 0 Å². The molecule has 20 heavy (non-hydrogen) atoms. The number of ether oxygens (including phenoxy) is 1. The van der Waals surface area contributed by atoms with Crippen LogP contribution in [-0.4, -0.2) is 48.8 Å². The largest absolute Gasteiger partial charge is 0.377 e. The molecule has 1 aliphatic heterocycles. The Balaban J connectivity index is 1.48. The summed E-state index contributed by atoms with van der Waals surface area (Å²) in [5, 5.41) is 3.87. The zero-order valence-electron chi connectivity index (χ0n) is 13.2. The number of nitrogens with zero attached hydrogens (tertiary/aromatic N) is 1. The van der Waals surface area contributed by atoms with E-state index < -0.39 is 0 Å². The van der Waals surface area contributed by atoms with Gasteiger partial charge in [-0.05, 0) is 32.1 Å². The number of piperazine rings is 1. The third-order valence-electron chi connectivity index (χ3n) is 5.80. The lowest BCUT2D eigenvalue weighted by Crippen LogP contribution is -2.63. The third-order valence-corrected chi connectivity index (χ3v) is 5.80. The average Bonchev–Trinajstić information content (AvgIpc) is 3.12. The predicted octanol–water partition coefficient (Wildman–Crippen LogP) is 2.94. The fourth-order valence-corrected chi connectivity index (χ4v) is 4.48. The van der Waals surface area contributed by atoms with Gasteiger partial charge in [-0.2, -0.15) is 0 Å². The van der Waals surface area contributed by atoms with E-state index in [9.17, 15) is 0 Å². The van der Waals surface area contributed by atoms with E-state index in [4.69, 9.17) is 4.74 Å². The fraction of sp³-hybridized carbons (Fsp3) is 1.00. The second-order valence-corrected chi connectivity index (χ2v) is 7.18. The monoisotopic (exact) mass is 280 g/mol. The summed E-state index contributed by atoms with van der Waals surface area (Å²) in [4.78, 5) is 2.72. The van der Waals surface area contributed by atoms with Crippen LogP contribution in [0.5, 0.6) is 0 Å². The van der Waals surface area contributed by atoms with E-state index in [1.807, 2.05) is 0 Å². The maximum absolute atomic E-state index is 6.09. The van der Waals surface area contributed by atoms with Gasteiger partial charge in [0.1, 0.15) is 0 Å². The Morgan fingerprint density at radius 3 is 2.60 bits per heavy atom. The molecule has 0 aromatic rings. The molecule has 0 aromatic heterocycles. The van der Waals surface area contributed by atoms with E-state index in [-0.39, 0.29) is 0 Å². The molecule has 3 fully saturated rings. The normalized spacial score (nSPS) is 31.4. The molecule has 0 amide bonds. The van der Waals surface area contributed by atoms with Gasteiger partial charge in [0.25, 0.3) is 0 Å². The molecule has 2 saturated carbocycles. The van der Waals surface area contributed by atoms with Crippen molar-refractivity contribution in [3.8, 4) is 0 Å². The van der Waals surface area contributed by atoms with Crippen LogP contribution in [0.3, 0.4) is 0 Å². The minimum atomic E-state index is 0.443. The van der Waals surface area contributed by atoms with Crippen molar-refractivity contribution < 1.29 is 4.74 Å².